The molecule has 0 atom stereocenters. The number of carbonyl (C=O) groups excluding carboxylic acids is 1. The molecular formula is C20H18INO2. The zero-order valence-corrected chi connectivity index (χ0v) is 15.5. The number of nitrogens with one attached hydrogen (secondary N) is 1. The summed E-state index contributed by atoms with van der Waals surface area (Å²) in [4.78, 5) is 12.2. The van der Waals surface area contributed by atoms with Crippen LogP contribution in [0.25, 0.3) is 10.8 Å². The molecule has 0 radical (unpaired) electrons. The lowest BCUT2D eigenvalue weighted by Crippen LogP contribution is -2.21. The van der Waals surface area contributed by atoms with E-state index in [0.717, 1.165) is 37.8 Å². The van der Waals surface area contributed by atoms with Crippen LogP contribution in [0.5, 0.6) is 5.75 Å². The van der Waals surface area contributed by atoms with Gasteiger partial charge in [-0.3, -0.25) is 4.79 Å². The van der Waals surface area contributed by atoms with Crippen LogP contribution in [-0.2, 0) is 11.2 Å². The number of hydrogen-bond donors (Lipinski definition) is 1. The summed E-state index contributed by atoms with van der Waals surface area (Å²) in [5.41, 5.74) is 1.98. The summed E-state index contributed by atoms with van der Waals surface area (Å²) in [5, 5.41) is 5.05. The molecule has 0 unspecified atom stereocenters. The molecule has 3 rings (SSSR count). The smallest absolute Gasteiger partial charge is 0.262 e. The molecule has 0 aromatic heterocycles. The molecule has 0 fully saturated rings. The largest absolute Gasteiger partial charge is 0.483 e. The topological polar surface area (TPSA) is 38.3 Å². The minimum Gasteiger partial charge on any atom is -0.483 e. The molecule has 0 aliphatic carbocycles. The summed E-state index contributed by atoms with van der Waals surface area (Å²) in [6, 6.07) is 19.8. The van der Waals surface area contributed by atoms with E-state index in [0.29, 0.717) is 0 Å². The molecule has 3 aromatic rings. The number of fused-ring (bicyclic) bond motifs is 1. The maximum atomic E-state index is 12.2. The van der Waals surface area contributed by atoms with Crippen LogP contribution in [0.2, 0.25) is 0 Å². The van der Waals surface area contributed by atoms with E-state index in [-0.39, 0.29) is 12.5 Å². The lowest BCUT2D eigenvalue weighted by molar-refractivity contribution is -0.118. The second kappa shape index (κ2) is 7.66. The standard InChI is InChI=1S/C20H18INO2/c1-2-14-12-16(21)10-11-18(14)22-20(23)13-24-19-9-5-7-15-6-3-4-8-17(15)19/h3-12H,2,13H2,1H3,(H,22,23). The average molecular weight is 431 g/mol. The highest BCUT2D eigenvalue weighted by atomic mass is 127. The fourth-order valence-corrected chi connectivity index (χ4v) is 3.18. The molecule has 1 amide bonds. The summed E-state index contributed by atoms with van der Waals surface area (Å²) < 4.78 is 6.90. The van der Waals surface area contributed by atoms with Crippen LogP contribution in [0.1, 0.15) is 12.5 Å². The number of benzene rings is 3. The Morgan fingerprint density at radius 2 is 1.88 bits per heavy atom. The van der Waals surface area contributed by atoms with Gasteiger partial charge in [0, 0.05) is 14.6 Å². The number of carbonyl (C=O) groups is 1. The molecule has 3 aromatic carbocycles. The van der Waals surface area contributed by atoms with Crippen LogP contribution >= 0.6 is 22.6 Å². The summed E-state index contributed by atoms with van der Waals surface area (Å²) in [6.07, 6.45) is 0.872. The van der Waals surface area contributed by atoms with Crippen LogP contribution < -0.4 is 10.1 Å². The third-order valence-electron chi connectivity index (χ3n) is 3.83. The van der Waals surface area contributed by atoms with Crippen molar-refractivity contribution in [2.45, 2.75) is 13.3 Å². The Morgan fingerprint density at radius 3 is 2.71 bits per heavy atom. The summed E-state index contributed by atoms with van der Waals surface area (Å²) in [7, 11) is 0. The number of anilines is 1. The van der Waals surface area contributed by atoms with Gasteiger partial charge in [-0.25, -0.2) is 0 Å². The molecule has 122 valence electrons. The third kappa shape index (κ3) is 3.87. The van der Waals surface area contributed by atoms with Gasteiger partial charge in [-0.05, 0) is 64.2 Å². The Morgan fingerprint density at radius 1 is 1.08 bits per heavy atom. The molecule has 0 bridgehead atoms. The molecule has 4 heteroatoms. The second-order valence-corrected chi connectivity index (χ2v) is 6.71. The number of halogens is 1. The zero-order valence-electron chi connectivity index (χ0n) is 13.4. The van der Waals surface area contributed by atoms with E-state index >= 15 is 0 Å². The highest BCUT2D eigenvalue weighted by Crippen LogP contribution is 2.25. The highest BCUT2D eigenvalue weighted by molar-refractivity contribution is 14.1. The van der Waals surface area contributed by atoms with E-state index in [2.05, 4.69) is 40.9 Å². The van der Waals surface area contributed by atoms with Gasteiger partial charge in [0.25, 0.3) is 5.91 Å². The Hall–Kier alpha value is -2.08. The van der Waals surface area contributed by atoms with Gasteiger partial charge in [0.05, 0.1) is 0 Å². The fourth-order valence-electron chi connectivity index (χ4n) is 2.63. The zero-order chi connectivity index (χ0) is 16.9. The lowest BCUT2D eigenvalue weighted by Gasteiger charge is -2.12. The number of amides is 1. The van der Waals surface area contributed by atoms with E-state index in [1.165, 1.54) is 0 Å². The van der Waals surface area contributed by atoms with Crippen molar-refractivity contribution >= 4 is 45.0 Å². The van der Waals surface area contributed by atoms with Crippen molar-refractivity contribution in [1.29, 1.82) is 0 Å². The van der Waals surface area contributed by atoms with E-state index in [1.54, 1.807) is 0 Å². The maximum absolute atomic E-state index is 12.2. The molecule has 3 nitrogen and oxygen atoms in total. The SMILES string of the molecule is CCc1cc(I)ccc1NC(=O)COc1cccc2ccccc12. The molecule has 0 spiro atoms. The maximum Gasteiger partial charge on any atom is 0.262 e. The first-order valence-electron chi connectivity index (χ1n) is 7.86. The molecule has 24 heavy (non-hydrogen) atoms. The Balaban J connectivity index is 1.69. The quantitative estimate of drug-likeness (QED) is 0.576. The van der Waals surface area contributed by atoms with E-state index in [9.17, 15) is 4.79 Å². The van der Waals surface area contributed by atoms with Crippen molar-refractivity contribution in [3.63, 3.8) is 0 Å². The van der Waals surface area contributed by atoms with Crippen molar-refractivity contribution in [3.8, 4) is 5.75 Å². The molecule has 0 heterocycles. The van der Waals surface area contributed by atoms with E-state index < -0.39 is 0 Å². The average Bonchev–Trinajstić information content (AvgIpc) is 2.61. The Kier molecular flexibility index (Phi) is 5.35. The third-order valence-corrected chi connectivity index (χ3v) is 4.50. The Labute approximate surface area is 155 Å². The molecule has 0 saturated heterocycles. The van der Waals surface area contributed by atoms with Crippen molar-refractivity contribution in [2.24, 2.45) is 0 Å². The fraction of sp³-hybridized carbons (Fsp3) is 0.150. The van der Waals surface area contributed by atoms with Gasteiger partial charge in [0.15, 0.2) is 6.61 Å². The predicted molar refractivity (Wildman–Crippen MR) is 107 cm³/mol. The van der Waals surface area contributed by atoms with Gasteiger partial charge in [-0.15, -0.1) is 0 Å². The van der Waals surface area contributed by atoms with Gasteiger partial charge in [0.2, 0.25) is 0 Å². The van der Waals surface area contributed by atoms with Crippen molar-refractivity contribution in [1.82, 2.24) is 0 Å². The number of ether oxygens (including phenoxy) is 1. The van der Waals surface area contributed by atoms with Crippen LogP contribution in [-0.4, -0.2) is 12.5 Å². The van der Waals surface area contributed by atoms with Crippen molar-refractivity contribution in [3.05, 3.63) is 69.8 Å². The van der Waals surface area contributed by atoms with Gasteiger partial charge in [-0.1, -0.05) is 43.3 Å². The predicted octanol–water partition coefficient (Wildman–Crippen LogP) is 5.02. The summed E-state index contributed by atoms with van der Waals surface area (Å²) in [5.74, 6) is 0.570. The van der Waals surface area contributed by atoms with Gasteiger partial charge in [0.1, 0.15) is 5.75 Å². The van der Waals surface area contributed by atoms with Crippen LogP contribution in [0.15, 0.2) is 60.7 Å². The highest BCUT2D eigenvalue weighted by Gasteiger charge is 2.09. The van der Waals surface area contributed by atoms with Crippen LogP contribution in [0.4, 0.5) is 5.69 Å². The summed E-state index contributed by atoms with van der Waals surface area (Å²) >= 11 is 2.27. The molecule has 0 aliphatic heterocycles. The number of rotatable bonds is 5. The van der Waals surface area contributed by atoms with E-state index in [1.807, 2.05) is 54.6 Å². The van der Waals surface area contributed by atoms with Crippen LogP contribution in [0.3, 0.4) is 0 Å². The van der Waals surface area contributed by atoms with Gasteiger partial charge < -0.3 is 10.1 Å². The van der Waals surface area contributed by atoms with Gasteiger partial charge >= 0.3 is 0 Å². The van der Waals surface area contributed by atoms with Crippen molar-refractivity contribution < 1.29 is 9.53 Å². The lowest BCUT2D eigenvalue weighted by atomic mass is 10.1. The second-order valence-electron chi connectivity index (χ2n) is 5.47. The monoisotopic (exact) mass is 431 g/mol. The molecule has 0 saturated carbocycles. The van der Waals surface area contributed by atoms with E-state index in [4.69, 9.17) is 4.74 Å². The Bertz CT molecular complexity index is 871. The normalized spacial score (nSPS) is 10.6. The molecular weight excluding hydrogens is 413 g/mol. The minimum absolute atomic E-state index is 0.0108. The minimum atomic E-state index is -0.154. The first-order valence-corrected chi connectivity index (χ1v) is 8.94. The summed E-state index contributed by atoms with van der Waals surface area (Å²) in [6.45, 7) is 2.07. The first-order chi connectivity index (χ1) is 11.7. The molecule has 0 aliphatic rings. The van der Waals surface area contributed by atoms with Gasteiger partial charge in [-0.2, -0.15) is 0 Å². The van der Waals surface area contributed by atoms with Crippen molar-refractivity contribution in [2.75, 3.05) is 11.9 Å². The number of hydrogen-bond acceptors (Lipinski definition) is 2. The first kappa shape index (κ1) is 16.8. The molecule has 1 N–H and O–H groups in total. The number of aryl methyl sites for hydroxylation is 1. The van der Waals surface area contributed by atoms with Crippen LogP contribution in [0, 0.1) is 3.57 Å².